The zero-order chi connectivity index (χ0) is 18.4. The van der Waals surface area contributed by atoms with E-state index >= 15 is 0 Å². The van der Waals surface area contributed by atoms with Crippen LogP contribution in [0.2, 0.25) is 0 Å². The minimum absolute atomic E-state index is 0.0430. The van der Waals surface area contributed by atoms with Crippen LogP contribution in [0.5, 0.6) is 0 Å². The Morgan fingerprint density at radius 3 is 2.48 bits per heavy atom. The van der Waals surface area contributed by atoms with Crippen molar-refractivity contribution in [2.24, 2.45) is 0 Å². The van der Waals surface area contributed by atoms with Gasteiger partial charge in [0.25, 0.3) is 0 Å². The molecule has 0 fully saturated rings. The standard InChI is InChI=1S/C17H17F3N2O2S/c1-12(23)22(15-7-3-2-6-14(15)17(18,19)20)9-8-21-16(24)11-13-5-4-10-25-13/h2-7,10H,8-9,11H2,1H3,(H,21,24). The topological polar surface area (TPSA) is 49.4 Å². The summed E-state index contributed by atoms with van der Waals surface area (Å²) in [6.07, 6.45) is -4.36. The van der Waals surface area contributed by atoms with Crippen LogP contribution in [0.4, 0.5) is 18.9 Å². The molecule has 0 unspecified atom stereocenters. The van der Waals surface area contributed by atoms with Crippen LogP contribution in [0, 0.1) is 0 Å². The highest BCUT2D eigenvalue weighted by molar-refractivity contribution is 7.10. The third-order valence-corrected chi connectivity index (χ3v) is 4.33. The van der Waals surface area contributed by atoms with Gasteiger partial charge in [-0.25, -0.2) is 0 Å². The highest BCUT2D eigenvalue weighted by Crippen LogP contribution is 2.36. The number of nitrogens with zero attached hydrogens (tertiary/aromatic N) is 1. The molecule has 1 N–H and O–H groups in total. The summed E-state index contributed by atoms with van der Waals surface area (Å²) in [5.41, 5.74) is -1.09. The summed E-state index contributed by atoms with van der Waals surface area (Å²) in [6.45, 7) is 1.22. The molecule has 4 nitrogen and oxygen atoms in total. The molecule has 25 heavy (non-hydrogen) atoms. The van der Waals surface area contributed by atoms with Crippen molar-refractivity contribution in [2.45, 2.75) is 19.5 Å². The molecule has 1 aromatic carbocycles. The third kappa shape index (κ3) is 5.32. The number of amides is 2. The van der Waals surface area contributed by atoms with Crippen molar-refractivity contribution in [1.29, 1.82) is 0 Å². The second-order valence-electron chi connectivity index (χ2n) is 5.29. The zero-order valence-corrected chi connectivity index (χ0v) is 14.3. The molecule has 0 aliphatic carbocycles. The molecule has 1 aromatic heterocycles. The Bertz CT molecular complexity index is 730. The monoisotopic (exact) mass is 370 g/mol. The molecule has 0 aliphatic heterocycles. The number of benzene rings is 1. The van der Waals surface area contributed by atoms with E-state index in [2.05, 4.69) is 5.32 Å². The summed E-state index contributed by atoms with van der Waals surface area (Å²) < 4.78 is 39.4. The summed E-state index contributed by atoms with van der Waals surface area (Å²) in [5, 5.41) is 4.48. The van der Waals surface area contributed by atoms with Gasteiger partial charge in [-0.1, -0.05) is 18.2 Å². The van der Waals surface area contributed by atoms with Crippen molar-refractivity contribution in [1.82, 2.24) is 5.32 Å². The molecular weight excluding hydrogens is 353 g/mol. The molecule has 0 atom stereocenters. The Balaban J connectivity index is 2.02. The summed E-state index contributed by atoms with van der Waals surface area (Å²) in [4.78, 5) is 25.6. The average molecular weight is 370 g/mol. The third-order valence-electron chi connectivity index (χ3n) is 3.45. The lowest BCUT2D eigenvalue weighted by Gasteiger charge is -2.25. The van der Waals surface area contributed by atoms with E-state index in [1.165, 1.54) is 36.5 Å². The summed E-state index contributed by atoms with van der Waals surface area (Å²) in [7, 11) is 0. The summed E-state index contributed by atoms with van der Waals surface area (Å²) in [5.74, 6) is -0.765. The number of thiophene rings is 1. The van der Waals surface area contributed by atoms with E-state index in [1.807, 2.05) is 17.5 Å². The van der Waals surface area contributed by atoms with E-state index in [0.29, 0.717) is 0 Å². The lowest BCUT2D eigenvalue weighted by Crippen LogP contribution is -2.38. The van der Waals surface area contributed by atoms with Crippen molar-refractivity contribution in [3.63, 3.8) is 0 Å². The largest absolute Gasteiger partial charge is 0.418 e. The van der Waals surface area contributed by atoms with Gasteiger partial charge in [0.1, 0.15) is 0 Å². The number of carbonyl (C=O) groups excluding carboxylic acids is 2. The smallest absolute Gasteiger partial charge is 0.354 e. The van der Waals surface area contributed by atoms with Crippen LogP contribution in [0.1, 0.15) is 17.4 Å². The maximum Gasteiger partial charge on any atom is 0.418 e. The maximum atomic E-state index is 13.1. The van der Waals surface area contributed by atoms with Crippen molar-refractivity contribution in [3.8, 4) is 0 Å². The molecule has 0 saturated heterocycles. The highest BCUT2D eigenvalue weighted by Gasteiger charge is 2.35. The number of para-hydroxylation sites is 1. The van der Waals surface area contributed by atoms with Gasteiger partial charge in [0, 0.05) is 24.9 Å². The molecule has 2 rings (SSSR count). The van der Waals surface area contributed by atoms with Crippen LogP contribution in [-0.2, 0) is 22.2 Å². The highest BCUT2D eigenvalue weighted by atomic mass is 32.1. The molecule has 0 aliphatic rings. The van der Waals surface area contributed by atoms with E-state index in [9.17, 15) is 22.8 Å². The van der Waals surface area contributed by atoms with Crippen LogP contribution in [0.15, 0.2) is 41.8 Å². The Morgan fingerprint density at radius 2 is 1.88 bits per heavy atom. The fraction of sp³-hybridized carbons (Fsp3) is 0.294. The van der Waals surface area contributed by atoms with Crippen LogP contribution < -0.4 is 10.2 Å². The minimum Gasteiger partial charge on any atom is -0.354 e. The Hall–Kier alpha value is -2.35. The molecule has 0 saturated carbocycles. The van der Waals surface area contributed by atoms with Gasteiger partial charge >= 0.3 is 6.18 Å². The fourth-order valence-electron chi connectivity index (χ4n) is 2.34. The maximum absolute atomic E-state index is 13.1. The van der Waals surface area contributed by atoms with Crippen LogP contribution in [-0.4, -0.2) is 24.9 Å². The molecule has 0 bridgehead atoms. The van der Waals surface area contributed by atoms with Gasteiger partial charge in [-0.3, -0.25) is 9.59 Å². The van der Waals surface area contributed by atoms with Gasteiger partial charge in [0.15, 0.2) is 0 Å². The van der Waals surface area contributed by atoms with Gasteiger partial charge < -0.3 is 10.2 Å². The van der Waals surface area contributed by atoms with Crippen molar-refractivity contribution < 1.29 is 22.8 Å². The molecule has 134 valence electrons. The minimum atomic E-state index is -4.56. The zero-order valence-electron chi connectivity index (χ0n) is 13.5. The number of alkyl halides is 3. The number of carbonyl (C=O) groups is 2. The molecule has 2 amide bonds. The van der Waals surface area contributed by atoms with E-state index in [0.717, 1.165) is 15.8 Å². The van der Waals surface area contributed by atoms with E-state index in [4.69, 9.17) is 0 Å². The van der Waals surface area contributed by atoms with E-state index in [1.54, 1.807) is 0 Å². The number of hydrogen-bond donors (Lipinski definition) is 1. The van der Waals surface area contributed by atoms with Crippen LogP contribution in [0.3, 0.4) is 0 Å². The SMILES string of the molecule is CC(=O)N(CCNC(=O)Cc1cccs1)c1ccccc1C(F)(F)F. The van der Waals surface area contributed by atoms with Gasteiger partial charge in [0.2, 0.25) is 11.8 Å². The second kappa shape index (κ2) is 8.15. The Labute approximate surface area is 147 Å². The van der Waals surface area contributed by atoms with Gasteiger partial charge in [-0.2, -0.15) is 13.2 Å². The second-order valence-corrected chi connectivity index (χ2v) is 6.32. The van der Waals surface area contributed by atoms with Gasteiger partial charge in [-0.05, 0) is 23.6 Å². The van der Waals surface area contributed by atoms with Crippen molar-refractivity contribution in [2.75, 3.05) is 18.0 Å². The quantitative estimate of drug-likeness (QED) is 0.846. The molecule has 2 aromatic rings. The molecule has 0 spiro atoms. The van der Waals surface area contributed by atoms with Gasteiger partial charge in [-0.15, -0.1) is 11.3 Å². The first-order valence-electron chi connectivity index (χ1n) is 7.52. The molecular formula is C17H17F3N2O2S. The number of hydrogen-bond acceptors (Lipinski definition) is 3. The molecule has 1 heterocycles. The van der Waals surface area contributed by atoms with Crippen LogP contribution in [0.25, 0.3) is 0 Å². The summed E-state index contributed by atoms with van der Waals surface area (Å²) in [6, 6.07) is 8.55. The van der Waals surface area contributed by atoms with Crippen molar-refractivity contribution >= 4 is 28.8 Å². The lowest BCUT2D eigenvalue weighted by molar-refractivity contribution is -0.137. The lowest BCUT2D eigenvalue weighted by atomic mass is 10.1. The Kier molecular flexibility index (Phi) is 6.19. The van der Waals surface area contributed by atoms with E-state index < -0.39 is 17.6 Å². The van der Waals surface area contributed by atoms with Crippen molar-refractivity contribution in [3.05, 3.63) is 52.2 Å². The normalized spacial score (nSPS) is 11.2. The average Bonchev–Trinajstić information content (AvgIpc) is 3.03. The molecule has 0 radical (unpaired) electrons. The fourth-order valence-corrected chi connectivity index (χ4v) is 3.04. The number of halogens is 3. The molecule has 8 heteroatoms. The first-order chi connectivity index (χ1) is 11.8. The number of anilines is 1. The number of nitrogens with one attached hydrogen (secondary N) is 1. The first kappa shape index (κ1) is 19.0. The van der Waals surface area contributed by atoms with E-state index in [-0.39, 0.29) is 31.1 Å². The van der Waals surface area contributed by atoms with Gasteiger partial charge in [0.05, 0.1) is 17.7 Å². The predicted octanol–water partition coefficient (Wildman–Crippen LogP) is 3.48. The predicted molar refractivity (Wildman–Crippen MR) is 90.5 cm³/mol. The van der Waals surface area contributed by atoms with Crippen LogP contribution >= 0.6 is 11.3 Å². The summed E-state index contributed by atoms with van der Waals surface area (Å²) >= 11 is 1.45. The first-order valence-corrected chi connectivity index (χ1v) is 8.40. The number of rotatable bonds is 6. The Morgan fingerprint density at radius 1 is 1.16 bits per heavy atom.